The van der Waals surface area contributed by atoms with E-state index in [1.54, 1.807) is 0 Å². The Hall–Kier alpha value is -0.0800. The van der Waals surface area contributed by atoms with E-state index in [2.05, 4.69) is 25.8 Å². The maximum Gasteiger partial charge on any atom is 0.0546 e. The third-order valence-corrected chi connectivity index (χ3v) is 3.22. The summed E-state index contributed by atoms with van der Waals surface area (Å²) in [6, 6.07) is 0.697. The molecule has 2 nitrogen and oxygen atoms in total. The highest BCUT2D eigenvalue weighted by Crippen LogP contribution is 2.28. The van der Waals surface area contributed by atoms with Gasteiger partial charge in [0.2, 0.25) is 0 Å². The van der Waals surface area contributed by atoms with Crippen LogP contribution in [0.2, 0.25) is 0 Å². The molecule has 0 amide bonds. The Bertz CT molecular complexity index is 143. The van der Waals surface area contributed by atoms with Crippen molar-refractivity contribution < 1.29 is 5.11 Å². The molecule has 0 aromatic rings. The standard InChI is InChI=1S/C11H23NO/c1-4-5-9(2)12(3)8-10-6-11(13)7-10/h9-11,13H,4-8H2,1-3H3. The van der Waals surface area contributed by atoms with Gasteiger partial charge in [-0.05, 0) is 39.2 Å². The fourth-order valence-corrected chi connectivity index (χ4v) is 2.07. The van der Waals surface area contributed by atoms with Crippen molar-refractivity contribution in [3.05, 3.63) is 0 Å². The average Bonchev–Trinajstić information content (AvgIpc) is 2.02. The van der Waals surface area contributed by atoms with Crippen molar-refractivity contribution in [2.45, 2.75) is 51.7 Å². The maximum absolute atomic E-state index is 9.15. The molecule has 0 radical (unpaired) electrons. The summed E-state index contributed by atoms with van der Waals surface area (Å²) in [6.45, 7) is 5.69. The van der Waals surface area contributed by atoms with Crippen molar-refractivity contribution in [1.29, 1.82) is 0 Å². The smallest absolute Gasteiger partial charge is 0.0546 e. The first-order valence-electron chi connectivity index (χ1n) is 5.51. The molecule has 1 saturated carbocycles. The Morgan fingerprint density at radius 2 is 2.08 bits per heavy atom. The number of nitrogens with zero attached hydrogens (tertiary/aromatic N) is 1. The zero-order valence-electron chi connectivity index (χ0n) is 9.16. The van der Waals surface area contributed by atoms with Crippen LogP contribution in [0.5, 0.6) is 0 Å². The van der Waals surface area contributed by atoms with Crippen LogP contribution in [-0.2, 0) is 0 Å². The topological polar surface area (TPSA) is 23.5 Å². The molecule has 1 aliphatic rings. The van der Waals surface area contributed by atoms with Gasteiger partial charge in [0.1, 0.15) is 0 Å². The van der Waals surface area contributed by atoms with Gasteiger partial charge in [0.15, 0.2) is 0 Å². The highest BCUT2D eigenvalue weighted by Gasteiger charge is 2.28. The molecule has 0 spiro atoms. The molecule has 0 aromatic carbocycles. The van der Waals surface area contributed by atoms with E-state index in [9.17, 15) is 0 Å². The fraction of sp³-hybridized carbons (Fsp3) is 1.00. The lowest BCUT2D eigenvalue weighted by atomic mass is 9.82. The van der Waals surface area contributed by atoms with Crippen molar-refractivity contribution in [3.8, 4) is 0 Å². The summed E-state index contributed by atoms with van der Waals surface area (Å²) >= 11 is 0. The lowest BCUT2D eigenvalue weighted by molar-refractivity contribution is 0.0226. The number of rotatable bonds is 5. The minimum absolute atomic E-state index is 0.000110. The molecule has 2 heteroatoms. The third-order valence-electron chi connectivity index (χ3n) is 3.22. The van der Waals surface area contributed by atoms with Crippen molar-refractivity contribution in [2.75, 3.05) is 13.6 Å². The number of aliphatic hydroxyl groups excluding tert-OH is 1. The van der Waals surface area contributed by atoms with Crippen LogP contribution in [0.1, 0.15) is 39.5 Å². The molecular weight excluding hydrogens is 162 g/mol. The van der Waals surface area contributed by atoms with E-state index in [0.29, 0.717) is 6.04 Å². The molecule has 0 saturated heterocycles. The van der Waals surface area contributed by atoms with Gasteiger partial charge in [-0.25, -0.2) is 0 Å². The van der Waals surface area contributed by atoms with Crippen molar-refractivity contribution >= 4 is 0 Å². The van der Waals surface area contributed by atoms with Crippen LogP contribution in [-0.4, -0.2) is 35.7 Å². The van der Waals surface area contributed by atoms with E-state index in [0.717, 1.165) is 25.3 Å². The maximum atomic E-state index is 9.15. The first-order valence-corrected chi connectivity index (χ1v) is 5.51. The van der Waals surface area contributed by atoms with E-state index < -0.39 is 0 Å². The molecule has 0 aliphatic heterocycles. The predicted molar refractivity (Wildman–Crippen MR) is 55.7 cm³/mol. The number of hydrogen-bond donors (Lipinski definition) is 1. The molecule has 1 aliphatic carbocycles. The molecule has 1 atom stereocenters. The van der Waals surface area contributed by atoms with Crippen molar-refractivity contribution in [2.24, 2.45) is 5.92 Å². The van der Waals surface area contributed by atoms with Crippen LogP contribution in [0, 0.1) is 5.92 Å². The SMILES string of the molecule is CCCC(C)N(C)CC1CC(O)C1. The van der Waals surface area contributed by atoms with E-state index in [1.165, 1.54) is 12.8 Å². The lowest BCUT2D eigenvalue weighted by Gasteiger charge is -2.36. The Labute approximate surface area is 81.9 Å². The van der Waals surface area contributed by atoms with Gasteiger partial charge in [0, 0.05) is 12.6 Å². The van der Waals surface area contributed by atoms with Gasteiger partial charge in [0.05, 0.1) is 6.10 Å². The Kier molecular flexibility index (Phi) is 4.20. The minimum atomic E-state index is -0.000110. The van der Waals surface area contributed by atoms with Gasteiger partial charge < -0.3 is 10.0 Å². The summed E-state index contributed by atoms with van der Waals surface area (Å²) in [4.78, 5) is 2.43. The van der Waals surface area contributed by atoms with E-state index >= 15 is 0 Å². The molecule has 1 rings (SSSR count). The Morgan fingerprint density at radius 3 is 2.54 bits per heavy atom. The monoisotopic (exact) mass is 185 g/mol. The van der Waals surface area contributed by atoms with Crippen LogP contribution in [0.3, 0.4) is 0 Å². The summed E-state index contributed by atoms with van der Waals surface area (Å²) in [6.07, 6.45) is 4.58. The number of hydrogen-bond acceptors (Lipinski definition) is 2. The van der Waals surface area contributed by atoms with Gasteiger partial charge in [-0.3, -0.25) is 0 Å². The van der Waals surface area contributed by atoms with Crippen LogP contribution in [0.25, 0.3) is 0 Å². The van der Waals surface area contributed by atoms with Gasteiger partial charge in [-0.2, -0.15) is 0 Å². The second kappa shape index (κ2) is 4.97. The van der Waals surface area contributed by atoms with Crippen molar-refractivity contribution in [3.63, 3.8) is 0 Å². The molecule has 13 heavy (non-hydrogen) atoms. The molecule has 1 fully saturated rings. The molecule has 0 heterocycles. The quantitative estimate of drug-likeness (QED) is 0.707. The highest BCUT2D eigenvalue weighted by molar-refractivity contribution is 4.81. The molecular formula is C11H23NO. The van der Waals surface area contributed by atoms with Crippen LogP contribution in [0.15, 0.2) is 0 Å². The minimum Gasteiger partial charge on any atom is -0.393 e. The average molecular weight is 185 g/mol. The van der Waals surface area contributed by atoms with Gasteiger partial charge in [-0.15, -0.1) is 0 Å². The van der Waals surface area contributed by atoms with E-state index in [4.69, 9.17) is 5.11 Å². The highest BCUT2D eigenvalue weighted by atomic mass is 16.3. The summed E-state index contributed by atoms with van der Waals surface area (Å²) in [5.74, 6) is 0.749. The lowest BCUT2D eigenvalue weighted by Crippen LogP contribution is -2.40. The molecule has 0 bridgehead atoms. The Morgan fingerprint density at radius 1 is 1.46 bits per heavy atom. The zero-order valence-corrected chi connectivity index (χ0v) is 9.16. The predicted octanol–water partition coefficient (Wildman–Crippen LogP) is 1.88. The third kappa shape index (κ3) is 3.28. The van der Waals surface area contributed by atoms with Crippen LogP contribution in [0.4, 0.5) is 0 Å². The summed E-state index contributed by atoms with van der Waals surface area (Å²) in [7, 11) is 2.20. The molecule has 0 aromatic heterocycles. The largest absolute Gasteiger partial charge is 0.393 e. The molecule has 78 valence electrons. The number of aliphatic hydroxyl groups is 1. The molecule has 1 N–H and O–H groups in total. The van der Waals surface area contributed by atoms with E-state index in [-0.39, 0.29) is 6.10 Å². The van der Waals surface area contributed by atoms with Crippen LogP contribution < -0.4 is 0 Å². The van der Waals surface area contributed by atoms with Gasteiger partial charge in [-0.1, -0.05) is 13.3 Å². The second-order valence-corrected chi connectivity index (χ2v) is 4.57. The van der Waals surface area contributed by atoms with E-state index in [1.807, 2.05) is 0 Å². The van der Waals surface area contributed by atoms with Crippen LogP contribution >= 0.6 is 0 Å². The second-order valence-electron chi connectivity index (χ2n) is 4.57. The fourth-order valence-electron chi connectivity index (χ4n) is 2.07. The normalized spacial score (nSPS) is 30.2. The molecule has 1 unspecified atom stereocenters. The zero-order chi connectivity index (χ0) is 9.84. The summed E-state index contributed by atoms with van der Waals surface area (Å²) < 4.78 is 0. The first-order chi connectivity index (χ1) is 6.13. The van der Waals surface area contributed by atoms with Gasteiger partial charge in [0.25, 0.3) is 0 Å². The summed E-state index contributed by atoms with van der Waals surface area (Å²) in [5, 5.41) is 9.15. The summed E-state index contributed by atoms with van der Waals surface area (Å²) in [5.41, 5.74) is 0. The van der Waals surface area contributed by atoms with Gasteiger partial charge >= 0.3 is 0 Å². The first kappa shape index (κ1) is 11.0. The van der Waals surface area contributed by atoms with Crippen molar-refractivity contribution in [1.82, 2.24) is 4.90 Å². The Balaban J connectivity index is 2.13.